The summed E-state index contributed by atoms with van der Waals surface area (Å²) in [4.78, 5) is 12.7. The predicted molar refractivity (Wildman–Crippen MR) is 117 cm³/mol. The summed E-state index contributed by atoms with van der Waals surface area (Å²) < 4.78 is 55.3. The van der Waals surface area contributed by atoms with Crippen LogP contribution in [0.25, 0.3) is 33.3 Å². The summed E-state index contributed by atoms with van der Waals surface area (Å²) in [5.41, 5.74) is 7.55. The molecule has 2 aromatic heterocycles. The number of nitrogens with two attached hydrogens (primary N) is 1. The van der Waals surface area contributed by atoms with E-state index in [1.807, 2.05) is 0 Å². The standard InChI is InChI=1S/C23H19F3N4O3/c1-31-18-7-13(8-19(32-2)21(18)33-3)16-11-29-22(27)30-20(16)14-6-12-4-5-15(23(24,25)26)9-17(12)28-10-14/h4-11H,1-3H3,(H2,27,29,30). The molecule has 0 fully saturated rings. The van der Waals surface area contributed by atoms with Crippen LogP contribution in [-0.4, -0.2) is 36.3 Å². The van der Waals surface area contributed by atoms with E-state index < -0.39 is 11.7 Å². The first kappa shape index (κ1) is 22.1. The molecule has 0 aliphatic carbocycles. The normalized spacial score (nSPS) is 11.5. The van der Waals surface area contributed by atoms with Gasteiger partial charge in [0.2, 0.25) is 11.7 Å². The van der Waals surface area contributed by atoms with Crippen LogP contribution in [0.1, 0.15) is 5.56 Å². The van der Waals surface area contributed by atoms with Crippen LogP contribution in [0, 0.1) is 0 Å². The summed E-state index contributed by atoms with van der Waals surface area (Å²) in [6, 6.07) is 8.58. The average Bonchev–Trinajstić information content (AvgIpc) is 2.81. The Morgan fingerprint density at radius 3 is 2.12 bits per heavy atom. The maximum atomic E-state index is 13.0. The summed E-state index contributed by atoms with van der Waals surface area (Å²) in [5, 5.41) is 0.522. The molecule has 10 heteroatoms. The molecule has 0 aliphatic heterocycles. The monoisotopic (exact) mass is 456 g/mol. The molecule has 170 valence electrons. The first-order valence-corrected chi connectivity index (χ1v) is 9.65. The van der Waals surface area contributed by atoms with Crippen molar-refractivity contribution in [1.29, 1.82) is 0 Å². The highest BCUT2D eigenvalue weighted by atomic mass is 19.4. The molecule has 0 amide bonds. The van der Waals surface area contributed by atoms with Crippen molar-refractivity contribution in [2.24, 2.45) is 0 Å². The van der Waals surface area contributed by atoms with E-state index in [0.717, 1.165) is 12.1 Å². The van der Waals surface area contributed by atoms with Gasteiger partial charge in [-0.05, 0) is 35.9 Å². The van der Waals surface area contributed by atoms with Crippen LogP contribution >= 0.6 is 0 Å². The lowest BCUT2D eigenvalue weighted by molar-refractivity contribution is -0.137. The topological polar surface area (TPSA) is 92.4 Å². The summed E-state index contributed by atoms with van der Waals surface area (Å²) in [6.45, 7) is 0. The number of benzene rings is 2. The fourth-order valence-corrected chi connectivity index (χ4v) is 3.49. The van der Waals surface area contributed by atoms with Gasteiger partial charge in [0.1, 0.15) is 0 Å². The first-order valence-electron chi connectivity index (χ1n) is 9.65. The van der Waals surface area contributed by atoms with Gasteiger partial charge in [0, 0.05) is 28.9 Å². The van der Waals surface area contributed by atoms with E-state index in [1.54, 1.807) is 24.4 Å². The van der Waals surface area contributed by atoms with Gasteiger partial charge >= 0.3 is 6.18 Å². The minimum atomic E-state index is -4.45. The van der Waals surface area contributed by atoms with E-state index in [-0.39, 0.29) is 11.5 Å². The Bertz CT molecular complexity index is 1320. The lowest BCUT2D eigenvalue weighted by atomic mass is 9.99. The average molecular weight is 456 g/mol. The van der Waals surface area contributed by atoms with Gasteiger partial charge < -0.3 is 19.9 Å². The Labute approximate surface area is 187 Å². The van der Waals surface area contributed by atoms with Crippen LogP contribution in [0.15, 0.2) is 48.8 Å². The highest BCUT2D eigenvalue weighted by Gasteiger charge is 2.30. The molecule has 0 atom stereocenters. The minimum Gasteiger partial charge on any atom is -0.493 e. The number of halogens is 3. The Hall–Kier alpha value is -4.08. The van der Waals surface area contributed by atoms with Crippen LogP contribution < -0.4 is 19.9 Å². The van der Waals surface area contributed by atoms with Crippen molar-refractivity contribution in [2.75, 3.05) is 27.1 Å². The van der Waals surface area contributed by atoms with Crippen LogP contribution in [0.3, 0.4) is 0 Å². The molecule has 0 aliphatic rings. The van der Waals surface area contributed by atoms with Crippen LogP contribution in [-0.2, 0) is 6.18 Å². The van der Waals surface area contributed by atoms with Crippen molar-refractivity contribution in [3.05, 3.63) is 54.4 Å². The van der Waals surface area contributed by atoms with E-state index in [9.17, 15) is 13.2 Å². The van der Waals surface area contributed by atoms with Crippen molar-refractivity contribution in [3.8, 4) is 39.6 Å². The van der Waals surface area contributed by atoms with Gasteiger partial charge in [-0.1, -0.05) is 6.07 Å². The summed E-state index contributed by atoms with van der Waals surface area (Å²) >= 11 is 0. The van der Waals surface area contributed by atoms with Gasteiger partial charge in [-0.25, -0.2) is 9.97 Å². The maximum Gasteiger partial charge on any atom is 0.416 e. The zero-order valence-corrected chi connectivity index (χ0v) is 17.9. The molecule has 4 rings (SSSR count). The number of hydrogen-bond acceptors (Lipinski definition) is 7. The van der Waals surface area contributed by atoms with E-state index in [4.69, 9.17) is 19.9 Å². The van der Waals surface area contributed by atoms with Gasteiger partial charge in [0.25, 0.3) is 0 Å². The van der Waals surface area contributed by atoms with Crippen LogP contribution in [0.4, 0.5) is 19.1 Å². The Balaban J connectivity index is 1.89. The van der Waals surface area contributed by atoms with E-state index in [1.165, 1.54) is 33.6 Å². The lowest BCUT2D eigenvalue weighted by Gasteiger charge is -2.16. The summed E-state index contributed by atoms with van der Waals surface area (Å²) in [5.74, 6) is 1.33. The number of hydrogen-bond donors (Lipinski definition) is 1. The number of ether oxygens (including phenoxy) is 3. The van der Waals surface area contributed by atoms with Gasteiger partial charge in [0.15, 0.2) is 11.5 Å². The SMILES string of the molecule is COc1cc(-c2cnc(N)nc2-c2cnc3cc(C(F)(F)F)ccc3c2)cc(OC)c1OC. The number of alkyl halides is 3. The molecule has 0 saturated heterocycles. The van der Waals surface area contributed by atoms with E-state index >= 15 is 0 Å². The number of anilines is 1. The molecule has 7 nitrogen and oxygen atoms in total. The molecule has 4 aromatic rings. The minimum absolute atomic E-state index is 0.0358. The molecule has 2 aromatic carbocycles. The molecular weight excluding hydrogens is 437 g/mol. The van der Waals surface area contributed by atoms with Gasteiger partial charge in [0.05, 0.1) is 38.1 Å². The highest BCUT2D eigenvalue weighted by molar-refractivity contribution is 5.88. The Morgan fingerprint density at radius 2 is 1.52 bits per heavy atom. The second kappa shape index (κ2) is 8.45. The number of aromatic nitrogens is 3. The third kappa shape index (κ3) is 4.19. The van der Waals surface area contributed by atoms with Crippen LogP contribution in [0.2, 0.25) is 0 Å². The lowest BCUT2D eigenvalue weighted by Crippen LogP contribution is -2.04. The smallest absolute Gasteiger partial charge is 0.416 e. The van der Waals surface area contributed by atoms with Crippen molar-refractivity contribution < 1.29 is 27.4 Å². The molecule has 33 heavy (non-hydrogen) atoms. The summed E-state index contributed by atoms with van der Waals surface area (Å²) in [6.07, 6.45) is -1.45. The number of nitrogen functional groups attached to an aromatic ring is 1. The number of fused-ring (bicyclic) bond motifs is 1. The quantitative estimate of drug-likeness (QED) is 0.453. The Morgan fingerprint density at radius 1 is 0.818 bits per heavy atom. The number of methoxy groups -OCH3 is 3. The van der Waals surface area contributed by atoms with E-state index in [2.05, 4.69) is 15.0 Å². The van der Waals surface area contributed by atoms with Crippen molar-refractivity contribution in [1.82, 2.24) is 15.0 Å². The number of nitrogens with zero attached hydrogens (tertiary/aromatic N) is 3. The fourth-order valence-electron chi connectivity index (χ4n) is 3.49. The maximum absolute atomic E-state index is 13.0. The molecule has 0 saturated carbocycles. The fraction of sp³-hybridized carbons (Fsp3) is 0.174. The van der Waals surface area contributed by atoms with Crippen LogP contribution in [0.5, 0.6) is 17.2 Å². The third-order valence-electron chi connectivity index (χ3n) is 5.07. The van der Waals surface area contributed by atoms with E-state index in [0.29, 0.717) is 45.0 Å². The Kier molecular flexibility index (Phi) is 5.67. The van der Waals surface area contributed by atoms with Crippen molar-refractivity contribution in [3.63, 3.8) is 0 Å². The van der Waals surface area contributed by atoms with Gasteiger partial charge in [-0.15, -0.1) is 0 Å². The number of rotatable bonds is 5. The molecule has 0 bridgehead atoms. The molecular formula is C23H19F3N4O3. The number of pyridine rings is 1. The molecule has 2 N–H and O–H groups in total. The largest absolute Gasteiger partial charge is 0.493 e. The molecule has 0 unspecified atom stereocenters. The zero-order valence-electron chi connectivity index (χ0n) is 17.9. The predicted octanol–water partition coefficient (Wildman–Crippen LogP) is 4.99. The van der Waals surface area contributed by atoms with Gasteiger partial charge in [-0.3, -0.25) is 4.98 Å². The van der Waals surface area contributed by atoms with Gasteiger partial charge in [-0.2, -0.15) is 13.2 Å². The second-order valence-corrected chi connectivity index (χ2v) is 7.03. The molecule has 0 spiro atoms. The summed E-state index contributed by atoms with van der Waals surface area (Å²) in [7, 11) is 4.51. The van der Waals surface area contributed by atoms with Crippen molar-refractivity contribution >= 4 is 16.9 Å². The molecule has 2 heterocycles. The first-order chi connectivity index (χ1) is 15.7. The molecule has 0 radical (unpaired) electrons. The third-order valence-corrected chi connectivity index (χ3v) is 5.07. The second-order valence-electron chi connectivity index (χ2n) is 7.03. The van der Waals surface area contributed by atoms with Crippen molar-refractivity contribution in [2.45, 2.75) is 6.18 Å². The zero-order chi connectivity index (χ0) is 23.8. The highest BCUT2D eigenvalue weighted by Crippen LogP contribution is 2.43.